The predicted molar refractivity (Wildman–Crippen MR) is 133 cm³/mol. The fourth-order valence-electron chi connectivity index (χ4n) is 2.56. The molecule has 0 aromatic heterocycles. The Morgan fingerprint density at radius 2 is 1.65 bits per heavy atom. The van der Waals surface area contributed by atoms with Gasteiger partial charge in [-0.25, -0.2) is 0 Å². The van der Waals surface area contributed by atoms with E-state index in [1.165, 1.54) is 11.1 Å². The number of allylic oxidation sites excluding steroid dienone is 9. The van der Waals surface area contributed by atoms with E-state index in [0.717, 1.165) is 12.0 Å². The summed E-state index contributed by atoms with van der Waals surface area (Å²) in [5.41, 5.74) is 2.26. The number of rotatable bonds is 12. The summed E-state index contributed by atoms with van der Waals surface area (Å²) >= 11 is 0. The predicted octanol–water partition coefficient (Wildman–Crippen LogP) is 5.42. The number of carbonyl (C=O) groups excluding carboxylic acids is 1. The standard InChI is InChI=1S/C27H43NO3/c1-9-21(4)24(29)18-14-11-15-19-28-26(31)27(7,8)25(30)23(6)17-13-10-12-16-22(5)20(2)3/h10-18,21,24-25,29-30H,9,19H2,1-8H3,(H,28,31)/b13-10-,15-11?,16-12+,18-14?,23-17-. The van der Waals surface area contributed by atoms with E-state index in [1.54, 1.807) is 32.1 Å². The Bertz CT molecular complexity index is 732. The van der Waals surface area contributed by atoms with Crippen molar-refractivity contribution in [1.29, 1.82) is 0 Å². The lowest BCUT2D eigenvalue weighted by molar-refractivity contribution is -0.133. The Hall–Kier alpha value is -2.17. The van der Waals surface area contributed by atoms with Crippen LogP contribution in [0, 0.1) is 11.3 Å². The normalized spacial score (nSPS) is 16.4. The first-order valence-electron chi connectivity index (χ1n) is 11.1. The molecule has 0 fully saturated rings. The largest absolute Gasteiger partial charge is 0.389 e. The summed E-state index contributed by atoms with van der Waals surface area (Å²) in [5.74, 6) is -0.000583. The molecular formula is C27H43NO3. The van der Waals surface area contributed by atoms with Gasteiger partial charge in [-0.1, -0.05) is 86.1 Å². The van der Waals surface area contributed by atoms with Crippen LogP contribution in [-0.4, -0.2) is 34.9 Å². The number of aliphatic hydroxyl groups excluding tert-OH is 2. The third-order valence-electron chi connectivity index (χ3n) is 5.58. The van der Waals surface area contributed by atoms with Gasteiger partial charge in [-0.15, -0.1) is 0 Å². The van der Waals surface area contributed by atoms with E-state index in [9.17, 15) is 15.0 Å². The van der Waals surface area contributed by atoms with Gasteiger partial charge >= 0.3 is 0 Å². The molecular weight excluding hydrogens is 386 g/mol. The molecule has 0 spiro atoms. The summed E-state index contributed by atoms with van der Waals surface area (Å²) in [6.45, 7) is 15.9. The molecule has 0 bridgehead atoms. The summed E-state index contributed by atoms with van der Waals surface area (Å²) in [6, 6.07) is 0. The number of hydrogen-bond acceptors (Lipinski definition) is 3. The highest BCUT2D eigenvalue weighted by atomic mass is 16.3. The van der Waals surface area contributed by atoms with Crippen molar-refractivity contribution in [2.24, 2.45) is 11.3 Å². The number of carbonyl (C=O) groups is 1. The van der Waals surface area contributed by atoms with Gasteiger partial charge in [-0.05, 0) is 53.0 Å². The van der Waals surface area contributed by atoms with Gasteiger partial charge in [0.25, 0.3) is 0 Å². The number of aliphatic hydroxyl groups is 2. The van der Waals surface area contributed by atoms with E-state index in [4.69, 9.17) is 0 Å². The molecule has 4 heteroatoms. The number of amides is 1. The molecule has 0 heterocycles. The van der Waals surface area contributed by atoms with Gasteiger partial charge in [-0.3, -0.25) is 4.79 Å². The van der Waals surface area contributed by atoms with Gasteiger partial charge < -0.3 is 15.5 Å². The highest BCUT2D eigenvalue weighted by molar-refractivity contribution is 5.83. The fraction of sp³-hybridized carbons (Fsp3) is 0.519. The molecule has 4 nitrogen and oxygen atoms in total. The average Bonchev–Trinajstić information content (AvgIpc) is 2.73. The van der Waals surface area contributed by atoms with Crippen LogP contribution in [0.25, 0.3) is 0 Å². The Labute approximate surface area is 189 Å². The average molecular weight is 430 g/mol. The van der Waals surface area contributed by atoms with Crippen LogP contribution in [0.1, 0.15) is 61.8 Å². The molecule has 0 rings (SSSR count). The van der Waals surface area contributed by atoms with E-state index in [2.05, 4.69) is 26.1 Å². The molecule has 0 aromatic carbocycles. The van der Waals surface area contributed by atoms with Gasteiger partial charge in [0.2, 0.25) is 5.91 Å². The number of hydrogen-bond donors (Lipinski definition) is 3. The van der Waals surface area contributed by atoms with E-state index in [-0.39, 0.29) is 11.8 Å². The zero-order valence-electron chi connectivity index (χ0n) is 20.6. The Morgan fingerprint density at radius 1 is 1.00 bits per heavy atom. The molecule has 3 unspecified atom stereocenters. The topological polar surface area (TPSA) is 69.6 Å². The van der Waals surface area contributed by atoms with Gasteiger partial charge in [-0.2, -0.15) is 0 Å². The smallest absolute Gasteiger partial charge is 0.228 e. The first-order valence-corrected chi connectivity index (χ1v) is 11.1. The Balaban J connectivity index is 4.75. The van der Waals surface area contributed by atoms with Gasteiger partial charge in [0.1, 0.15) is 0 Å². The third-order valence-corrected chi connectivity index (χ3v) is 5.58. The second kappa shape index (κ2) is 14.8. The molecule has 0 aliphatic carbocycles. The minimum Gasteiger partial charge on any atom is -0.389 e. The highest BCUT2D eigenvalue weighted by Crippen LogP contribution is 2.26. The molecule has 0 aliphatic heterocycles. The molecule has 3 atom stereocenters. The van der Waals surface area contributed by atoms with Gasteiger partial charge in [0.05, 0.1) is 17.6 Å². The van der Waals surface area contributed by atoms with Crippen molar-refractivity contribution in [3.8, 4) is 0 Å². The quantitative estimate of drug-likeness (QED) is 0.363. The first kappa shape index (κ1) is 28.8. The zero-order valence-corrected chi connectivity index (χ0v) is 20.6. The lowest BCUT2D eigenvalue weighted by atomic mass is 9.81. The minimum atomic E-state index is -0.959. The van der Waals surface area contributed by atoms with Gasteiger partial charge in [0, 0.05) is 6.54 Å². The third kappa shape index (κ3) is 11.1. The van der Waals surface area contributed by atoms with Crippen LogP contribution in [0.5, 0.6) is 0 Å². The Morgan fingerprint density at radius 3 is 2.23 bits per heavy atom. The molecule has 1 amide bonds. The maximum absolute atomic E-state index is 12.6. The molecule has 31 heavy (non-hydrogen) atoms. The van der Waals surface area contributed by atoms with Crippen molar-refractivity contribution >= 4 is 5.91 Å². The lowest BCUT2D eigenvalue weighted by Crippen LogP contribution is -2.45. The monoisotopic (exact) mass is 429 g/mol. The minimum absolute atomic E-state index is 0.218. The fourth-order valence-corrected chi connectivity index (χ4v) is 2.56. The molecule has 0 saturated heterocycles. The molecule has 0 aromatic rings. The summed E-state index contributed by atoms with van der Waals surface area (Å²) in [5, 5.41) is 23.4. The van der Waals surface area contributed by atoms with Crippen molar-refractivity contribution in [2.45, 2.75) is 74.0 Å². The van der Waals surface area contributed by atoms with Crippen LogP contribution >= 0.6 is 0 Å². The zero-order chi connectivity index (χ0) is 24.0. The van der Waals surface area contributed by atoms with Crippen molar-refractivity contribution < 1.29 is 15.0 Å². The van der Waals surface area contributed by atoms with Crippen LogP contribution in [0.4, 0.5) is 0 Å². The molecule has 0 saturated carbocycles. The van der Waals surface area contributed by atoms with Crippen molar-refractivity contribution in [3.63, 3.8) is 0 Å². The first-order chi connectivity index (χ1) is 14.4. The maximum atomic E-state index is 12.6. The second-order valence-electron chi connectivity index (χ2n) is 8.86. The van der Waals surface area contributed by atoms with E-state index in [0.29, 0.717) is 6.54 Å². The summed E-state index contributed by atoms with van der Waals surface area (Å²) in [7, 11) is 0. The molecule has 174 valence electrons. The summed E-state index contributed by atoms with van der Waals surface area (Å²) in [4.78, 5) is 12.6. The van der Waals surface area contributed by atoms with E-state index < -0.39 is 17.6 Å². The lowest BCUT2D eigenvalue weighted by Gasteiger charge is -2.29. The number of nitrogens with one attached hydrogen (secondary N) is 1. The van der Waals surface area contributed by atoms with Crippen molar-refractivity contribution in [1.82, 2.24) is 5.32 Å². The SMILES string of the molecule is CCC(C)C(O)C=CC=CCNC(=O)C(C)(C)C(O)\C(C)=C/C=C\C=C\C(C)=C(C)C. The highest BCUT2D eigenvalue weighted by Gasteiger charge is 2.36. The molecule has 3 N–H and O–H groups in total. The Kier molecular flexibility index (Phi) is 13.7. The van der Waals surface area contributed by atoms with Crippen LogP contribution in [0.2, 0.25) is 0 Å². The van der Waals surface area contributed by atoms with Crippen molar-refractivity contribution in [3.05, 3.63) is 71.4 Å². The molecule has 0 aliphatic rings. The summed E-state index contributed by atoms with van der Waals surface area (Å²) < 4.78 is 0. The maximum Gasteiger partial charge on any atom is 0.228 e. The van der Waals surface area contributed by atoms with Crippen LogP contribution in [-0.2, 0) is 4.79 Å². The van der Waals surface area contributed by atoms with Crippen LogP contribution < -0.4 is 5.32 Å². The van der Waals surface area contributed by atoms with Crippen LogP contribution in [0.15, 0.2) is 71.4 Å². The van der Waals surface area contributed by atoms with E-state index in [1.807, 2.05) is 57.2 Å². The second-order valence-corrected chi connectivity index (χ2v) is 8.86. The van der Waals surface area contributed by atoms with Crippen molar-refractivity contribution in [2.75, 3.05) is 6.54 Å². The van der Waals surface area contributed by atoms with Gasteiger partial charge in [0.15, 0.2) is 0 Å². The van der Waals surface area contributed by atoms with E-state index >= 15 is 0 Å². The molecule has 0 radical (unpaired) electrons. The van der Waals surface area contributed by atoms with Crippen LogP contribution in [0.3, 0.4) is 0 Å². The summed E-state index contributed by atoms with van der Waals surface area (Å²) in [6.07, 6.45) is 16.3.